The number of nitrogens with zero attached hydrogens (tertiary/aromatic N) is 2. The summed E-state index contributed by atoms with van der Waals surface area (Å²) in [7, 11) is 0. The van der Waals surface area contributed by atoms with Crippen LogP contribution in [0.15, 0.2) is 87.4 Å². The maximum absolute atomic E-state index is 4.83. The number of halogens is 1. The van der Waals surface area contributed by atoms with Gasteiger partial charge in [-0.2, -0.15) is 5.10 Å². The van der Waals surface area contributed by atoms with Crippen molar-refractivity contribution >= 4 is 33.2 Å². The van der Waals surface area contributed by atoms with Crippen molar-refractivity contribution in [2.24, 2.45) is 10.1 Å². The van der Waals surface area contributed by atoms with Crippen molar-refractivity contribution < 1.29 is 0 Å². The Morgan fingerprint density at radius 3 is 2.36 bits per heavy atom. The molecule has 0 saturated carbocycles. The average Bonchev–Trinajstić information content (AvgIpc) is 2.82. The Morgan fingerprint density at radius 1 is 0.840 bits per heavy atom. The maximum Gasteiger partial charge on any atom is 0.154 e. The summed E-state index contributed by atoms with van der Waals surface area (Å²) >= 11 is 3.47. The largest absolute Gasteiger partial charge is 0.260 e. The summed E-state index contributed by atoms with van der Waals surface area (Å²) in [6, 6.07) is 24.5. The van der Waals surface area contributed by atoms with Crippen LogP contribution < -0.4 is 5.43 Å². The molecule has 4 heteroatoms. The SMILES string of the molecule is Cc1ccc2c(c1)C(c1ccccc1)=NNC(c1ccc(Br)cc1)=N2. The molecular formula is C21H16BrN3. The standard InChI is InChI=1S/C21H16BrN3/c1-14-7-12-19-18(13-14)20(15-5-3-2-4-6-15)24-25-21(23-19)16-8-10-17(22)11-9-16/h2-13H,1H3,(H,23,25). The van der Waals surface area contributed by atoms with Gasteiger partial charge < -0.3 is 0 Å². The molecule has 4 rings (SSSR count). The summed E-state index contributed by atoms with van der Waals surface area (Å²) in [5.74, 6) is 0.739. The predicted molar refractivity (Wildman–Crippen MR) is 107 cm³/mol. The first-order valence-corrected chi connectivity index (χ1v) is 8.85. The molecule has 3 aromatic carbocycles. The molecule has 0 bridgehead atoms. The van der Waals surface area contributed by atoms with E-state index < -0.39 is 0 Å². The molecule has 3 aromatic rings. The van der Waals surface area contributed by atoms with Gasteiger partial charge in [-0.05, 0) is 31.2 Å². The molecule has 25 heavy (non-hydrogen) atoms. The number of hydrogen-bond donors (Lipinski definition) is 1. The van der Waals surface area contributed by atoms with Crippen molar-refractivity contribution in [3.63, 3.8) is 0 Å². The van der Waals surface area contributed by atoms with Crippen LogP contribution in [0.3, 0.4) is 0 Å². The average molecular weight is 390 g/mol. The van der Waals surface area contributed by atoms with E-state index in [4.69, 9.17) is 4.99 Å². The van der Waals surface area contributed by atoms with E-state index in [1.165, 1.54) is 5.56 Å². The monoisotopic (exact) mass is 389 g/mol. The second-order valence-electron chi connectivity index (χ2n) is 5.93. The van der Waals surface area contributed by atoms with Gasteiger partial charge in [0.05, 0.1) is 11.4 Å². The highest BCUT2D eigenvalue weighted by atomic mass is 79.9. The molecule has 1 N–H and O–H groups in total. The molecule has 0 aliphatic carbocycles. The molecule has 0 fully saturated rings. The zero-order chi connectivity index (χ0) is 17.2. The molecule has 0 aromatic heterocycles. The molecule has 1 heterocycles. The van der Waals surface area contributed by atoms with Gasteiger partial charge in [-0.3, -0.25) is 5.43 Å². The van der Waals surface area contributed by atoms with Crippen LogP contribution in [0.4, 0.5) is 5.69 Å². The fourth-order valence-corrected chi connectivity index (χ4v) is 3.07. The van der Waals surface area contributed by atoms with Gasteiger partial charge in [-0.15, -0.1) is 0 Å². The minimum atomic E-state index is 0.739. The van der Waals surface area contributed by atoms with Crippen molar-refractivity contribution in [3.8, 4) is 0 Å². The van der Waals surface area contributed by atoms with Crippen molar-refractivity contribution in [1.29, 1.82) is 0 Å². The Kier molecular flexibility index (Phi) is 4.20. The number of fused-ring (bicyclic) bond motifs is 1. The first-order valence-electron chi connectivity index (χ1n) is 8.05. The normalized spacial score (nSPS) is 13.2. The number of amidine groups is 1. The van der Waals surface area contributed by atoms with Gasteiger partial charge in [0.15, 0.2) is 5.84 Å². The summed E-state index contributed by atoms with van der Waals surface area (Å²) < 4.78 is 1.04. The summed E-state index contributed by atoms with van der Waals surface area (Å²) in [6.45, 7) is 2.08. The van der Waals surface area contributed by atoms with Crippen molar-refractivity contribution in [3.05, 3.63) is 99.5 Å². The van der Waals surface area contributed by atoms with E-state index in [1.54, 1.807) is 0 Å². The molecule has 122 valence electrons. The third-order valence-corrected chi connectivity index (χ3v) is 4.61. The fraction of sp³-hybridized carbons (Fsp3) is 0.0476. The number of aryl methyl sites for hydroxylation is 1. The van der Waals surface area contributed by atoms with Crippen molar-refractivity contribution in [2.45, 2.75) is 6.92 Å². The van der Waals surface area contributed by atoms with Gasteiger partial charge in [-0.25, -0.2) is 4.99 Å². The molecule has 1 aliphatic heterocycles. The third kappa shape index (κ3) is 3.26. The minimum Gasteiger partial charge on any atom is -0.260 e. The van der Waals surface area contributed by atoms with E-state index in [2.05, 4.69) is 63.7 Å². The number of nitrogens with one attached hydrogen (secondary N) is 1. The molecular weight excluding hydrogens is 374 g/mol. The van der Waals surface area contributed by atoms with E-state index >= 15 is 0 Å². The van der Waals surface area contributed by atoms with Crippen LogP contribution in [0.5, 0.6) is 0 Å². The van der Waals surface area contributed by atoms with Crippen LogP contribution in [0.25, 0.3) is 0 Å². The molecule has 0 spiro atoms. The van der Waals surface area contributed by atoms with Gasteiger partial charge in [0.2, 0.25) is 0 Å². The van der Waals surface area contributed by atoms with Crippen molar-refractivity contribution in [2.75, 3.05) is 0 Å². The van der Waals surface area contributed by atoms with E-state index in [1.807, 2.05) is 42.5 Å². The zero-order valence-electron chi connectivity index (χ0n) is 13.7. The lowest BCUT2D eigenvalue weighted by atomic mass is 9.99. The lowest BCUT2D eigenvalue weighted by molar-refractivity contribution is 1.03. The molecule has 0 unspecified atom stereocenters. The van der Waals surface area contributed by atoms with Crippen molar-refractivity contribution in [1.82, 2.24) is 5.43 Å². The van der Waals surface area contributed by atoms with E-state index in [-0.39, 0.29) is 0 Å². The summed E-state index contributed by atoms with van der Waals surface area (Å²) in [5, 5.41) is 4.68. The first kappa shape index (κ1) is 15.8. The highest BCUT2D eigenvalue weighted by Crippen LogP contribution is 2.27. The number of hydrogen-bond acceptors (Lipinski definition) is 3. The van der Waals surface area contributed by atoms with Crippen LogP contribution in [0, 0.1) is 6.92 Å². The Labute approximate surface area is 155 Å². The predicted octanol–water partition coefficient (Wildman–Crippen LogP) is 5.19. The number of benzene rings is 3. The molecule has 0 radical (unpaired) electrons. The van der Waals surface area contributed by atoms with Gasteiger partial charge >= 0.3 is 0 Å². The number of hydrazone groups is 1. The smallest absolute Gasteiger partial charge is 0.154 e. The maximum atomic E-state index is 4.83. The van der Waals surface area contributed by atoms with Crippen LogP contribution >= 0.6 is 15.9 Å². The highest BCUT2D eigenvalue weighted by molar-refractivity contribution is 9.10. The lowest BCUT2D eigenvalue weighted by Crippen LogP contribution is -2.19. The molecule has 0 atom stereocenters. The Bertz CT molecular complexity index is 974. The summed E-state index contributed by atoms with van der Waals surface area (Å²) in [4.78, 5) is 4.83. The Balaban J connectivity index is 1.87. The van der Waals surface area contributed by atoms with Gasteiger partial charge in [0.1, 0.15) is 0 Å². The van der Waals surface area contributed by atoms with Gasteiger partial charge in [-0.1, -0.05) is 70.0 Å². The van der Waals surface area contributed by atoms with Crippen LogP contribution in [-0.4, -0.2) is 11.5 Å². The second-order valence-corrected chi connectivity index (χ2v) is 6.84. The quantitative estimate of drug-likeness (QED) is 0.642. The van der Waals surface area contributed by atoms with Gasteiger partial charge in [0, 0.05) is 21.2 Å². The number of aliphatic imine (C=N–C) groups is 1. The van der Waals surface area contributed by atoms with Crippen LogP contribution in [-0.2, 0) is 0 Å². The van der Waals surface area contributed by atoms with Crippen LogP contribution in [0.2, 0.25) is 0 Å². The Hall–Kier alpha value is -2.72. The van der Waals surface area contributed by atoms with E-state index in [0.29, 0.717) is 0 Å². The van der Waals surface area contributed by atoms with Crippen LogP contribution in [0.1, 0.15) is 22.3 Å². The zero-order valence-corrected chi connectivity index (χ0v) is 15.3. The highest BCUT2D eigenvalue weighted by Gasteiger charge is 2.17. The number of rotatable bonds is 2. The first-order chi connectivity index (χ1) is 12.2. The third-order valence-electron chi connectivity index (χ3n) is 4.08. The minimum absolute atomic E-state index is 0.739. The second kappa shape index (κ2) is 6.65. The molecule has 1 aliphatic rings. The van der Waals surface area contributed by atoms with E-state index in [0.717, 1.165) is 38.4 Å². The topological polar surface area (TPSA) is 36.8 Å². The summed E-state index contributed by atoms with van der Waals surface area (Å²) in [5.41, 5.74) is 9.24. The van der Waals surface area contributed by atoms with E-state index in [9.17, 15) is 0 Å². The Morgan fingerprint density at radius 2 is 1.60 bits per heavy atom. The lowest BCUT2D eigenvalue weighted by Gasteiger charge is -2.08. The fourth-order valence-electron chi connectivity index (χ4n) is 2.80. The molecule has 0 saturated heterocycles. The molecule has 0 amide bonds. The van der Waals surface area contributed by atoms with Gasteiger partial charge in [0.25, 0.3) is 0 Å². The molecule has 3 nitrogen and oxygen atoms in total. The summed E-state index contributed by atoms with van der Waals surface area (Å²) in [6.07, 6.45) is 0.